The minimum atomic E-state index is -2.09. The van der Waals surface area contributed by atoms with E-state index in [0.717, 1.165) is 11.1 Å². The van der Waals surface area contributed by atoms with Gasteiger partial charge in [-0.2, -0.15) is 0 Å². The summed E-state index contributed by atoms with van der Waals surface area (Å²) in [6, 6.07) is 19.2. The van der Waals surface area contributed by atoms with E-state index in [1.165, 1.54) is 0 Å². The largest absolute Gasteiger partial charge is 0.445 e. The molecule has 29 heavy (non-hydrogen) atoms. The molecule has 0 saturated heterocycles. The van der Waals surface area contributed by atoms with E-state index in [2.05, 4.69) is 45.8 Å². The minimum absolute atomic E-state index is 0.0412. The molecule has 1 amide bonds. The van der Waals surface area contributed by atoms with E-state index in [1.807, 2.05) is 60.7 Å². The van der Waals surface area contributed by atoms with Gasteiger partial charge in [0.25, 0.3) is 0 Å². The zero-order valence-corrected chi connectivity index (χ0v) is 19.1. The maximum absolute atomic E-state index is 12.5. The second-order valence-electron chi connectivity index (χ2n) is 8.68. The van der Waals surface area contributed by atoms with Crippen molar-refractivity contribution in [3.05, 3.63) is 84.4 Å². The van der Waals surface area contributed by atoms with E-state index in [0.29, 0.717) is 0 Å². The van der Waals surface area contributed by atoms with E-state index >= 15 is 0 Å². The molecule has 0 fully saturated rings. The number of hydrogen-bond acceptors (Lipinski definition) is 3. The summed E-state index contributed by atoms with van der Waals surface area (Å²) in [6.07, 6.45) is 0.895. The van der Waals surface area contributed by atoms with Crippen molar-refractivity contribution in [1.29, 1.82) is 0 Å². The Morgan fingerprint density at radius 1 is 1.07 bits per heavy atom. The van der Waals surface area contributed by atoms with Crippen LogP contribution in [-0.2, 0) is 15.8 Å². The number of carbonyl (C=O) groups is 1. The lowest BCUT2D eigenvalue weighted by Crippen LogP contribution is -2.47. The fraction of sp³-hybridized carbons (Fsp3) is 0.375. The highest BCUT2D eigenvalue weighted by Crippen LogP contribution is 2.40. The van der Waals surface area contributed by atoms with E-state index in [4.69, 9.17) is 9.16 Å². The molecule has 156 valence electrons. The fourth-order valence-corrected chi connectivity index (χ4v) is 3.92. The molecular weight excluding hydrogens is 378 g/mol. The van der Waals surface area contributed by atoms with Gasteiger partial charge in [0, 0.05) is 0 Å². The van der Waals surface area contributed by atoms with Crippen molar-refractivity contribution in [3.63, 3.8) is 0 Å². The maximum atomic E-state index is 12.5. The van der Waals surface area contributed by atoms with Gasteiger partial charge in [0.15, 0.2) is 8.32 Å². The van der Waals surface area contributed by atoms with Crippen molar-refractivity contribution < 1.29 is 14.0 Å². The van der Waals surface area contributed by atoms with Crippen LogP contribution in [0.5, 0.6) is 0 Å². The van der Waals surface area contributed by atoms with Gasteiger partial charge in [-0.3, -0.25) is 0 Å². The number of ether oxygens (including phenoxy) is 1. The fourth-order valence-electron chi connectivity index (χ4n) is 2.64. The molecular formula is C24H33NO3Si. The van der Waals surface area contributed by atoms with Crippen LogP contribution >= 0.6 is 0 Å². The standard InChI is InChI=1S/C24H33NO3Si/c1-7-21(25-23(26)27-18-19-14-10-8-11-15-19)22(20-16-12-9-13-17-20)28-29(5,6)24(2,3)4/h7-17,21-22H,1,18H2,2-6H3,(H,25,26)/t21-,22-/m1/s1. The van der Waals surface area contributed by atoms with Gasteiger partial charge in [-0.25, -0.2) is 4.79 Å². The topological polar surface area (TPSA) is 47.6 Å². The number of nitrogens with one attached hydrogen (secondary N) is 1. The summed E-state index contributed by atoms with van der Waals surface area (Å²) >= 11 is 0. The second-order valence-corrected chi connectivity index (χ2v) is 13.4. The molecule has 0 bridgehead atoms. The molecule has 2 rings (SSSR count). The minimum Gasteiger partial charge on any atom is -0.445 e. The summed E-state index contributed by atoms with van der Waals surface area (Å²) < 4.78 is 12.1. The van der Waals surface area contributed by atoms with Crippen LogP contribution in [0.1, 0.15) is 38.0 Å². The van der Waals surface area contributed by atoms with Crippen LogP contribution in [0.3, 0.4) is 0 Å². The van der Waals surface area contributed by atoms with Crippen LogP contribution in [0.4, 0.5) is 4.79 Å². The highest BCUT2D eigenvalue weighted by atomic mass is 28.4. The first-order valence-corrected chi connectivity index (χ1v) is 12.9. The molecule has 2 aromatic rings. The zero-order valence-electron chi connectivity index (χ0n) is 18.1. The average molecular weight is 412 g/mol. The van der Waals surface area contributed by atoms with E-state index < -0.39 is 20.5 Å². The smallest absolute Gasteiger partial charge is 0.408 e. The van der Waals surface area contributed by atoms with Crippen LogP contribution in [0, 0.1) is 0 Å². The highest BCUT2D eigenvalue weighted by molar-refractivity contribution is 6.74. The van der Waals surface area contributed by atoms with Crippen molar-refractivity contribution in [3.8, 4) is 0 Å². The zero-order chi connectivity index (χ0) is 21.5. The Hall–Kier alpha value is -2.37. The van der Waals surface area contributed by atoms with Crippen LogP contribution in [0.15, 0.2) is 73.3 Å². The van der Waals surface area contributed by atoms with Gasteiger partial charge in [0.2, 0.25) is 0 Å². The molecule has 0 aliphatic carbocycles. The summed E-state index contributed by atoms with van der Waals surface area (Å²) in [5.41, 5.74) is 1.94. The Morgan fingerprint density at radius 3 is 2.14 bits per heavy atom. The van der Waals surface area contributed by atoms with Crippen molar-refractivity contribution >= 4 is 14.4 Å². The predicted molar refractivity (Wildman–Crippen MR) is 121 cm³/mol. The highest BCUT2D eigenvalue weighted by Gasteiger charge is 2.41. The molecule has 0 aliphatic heterocycles. The lowest BCUT2D eigenvalue weighted by Gasteiger charge is -2.41. The van der Waals surface area contributed by atoms with Crippen molar-refractivity contribution in [1.82, 2.24) is 5.32 Å². The molecule has 0 radical (unpaired) electrons. The predicted octanol–water partition coefficient (Wildman–Crippen LogP) is 6.23. The molecule has 0 aromatic heterocycles. The van der Waals surface area contributed by atoms with Crippen molar-refractivity contribution in [2.75, 3.05) is 0 Å². The molecule has 2 atom stereocenters. The molecule has 5 heteroatoms. The van der Waals surface area contributed by atoms with Crippen LogP contribution in [0.25, 0.3) is 0 Å². The van der Waals surface area contributed by atoms with E-state index in [9.17, 15) is 4.79 Å². The first kappa shape index (κ1) is 22.9. The summed E-state index contributed by atoms with van der Waals surface area (Å²) in [7, 11) is -2.09. The van der Waals surface area contributed by atoms with Gasteiger partial charge >= 0.3 is 6.09 Å². The molecule has 0 spiro atoms. The molecule has 0 saturated carbocycles. The lowest BCUT2D eigenvalue weighted by atomic mass is 10.0. The lowest BCUT2D eigenvalue weighted by molar-refractivity contribution is 0.116. The third-order valence-electron chi connectivity index (χ3n) is 5.43. The van der Waals surface area contributed by atoms with Gasteiger partial charge in [0.05, 0.1) is 12.1 Å². The maximum Gasteiger partial charge on any atom is 0.408 e. The van der Waals surface area contributed by atoms with Crippen molar-refractivity contribution in [2.24, 2.45) is 0 Å². The quantitative estimate of drug-likeness (QED) is 0.414. The van der Waals surface area contributed by atoms with Crippen LogP contribution in [0.2, 0.25) is 18.1 Å². The molecule has 2 aromatic carbocycles. The Bertz CT molecular complexity index is 785. The Balaban J connectivity index is 2.16. The number of carbonyl (C=O) groups excluding carboxylic acids is 1. The summed E-state index contributed by atoms with van der Waals surface area (Å²) in [5, 5.41) is 2.97. The Morgan fingerprint density at radius 2 is 1.62 bits per heavy atom. The first-order valence-electron chi connectivity index (χ1n) is 9.96. The van der Waals surface area contributed by atoms with Gasteiger partial charge in [-0.15, -0.1) is 6.58 Å². The third kappa shape index (κ3) is 6.58. The third-order valence-corrected chi connectivity index (χ3v) is 9.89. The summed E-state index contributed by atoms with van der Waals surface area (Å²) in [6.45, 7) is 15.2. The van der Waals surface area contributed by atoms with E-state index in [-0.39, 0.29) is 17.7 Å². The number of amides is 1. The summed E-state index contributed by atoms with van der Waals surface area (Å²) in [5.74, 6) is 0. The first-order chi connectivity index (χ1) is 13.6. The molecule has 1 N–H and O–H groups in total. The number of rotatable bonds is 8. The van der Waals surface area contributed by atoms with E-state index in [1.54, 1.807) is 6.08 Å². The van der Waals surface area contributed by atoms with Gasteiger partial charge in [-0.05, 0) is 29.3 Å². The average Bonchev–Trinajstić information content (AvgIpc) is 2.69. The van der Waals surface area contributed by atoms with Crippen LogP contribution in [-0.4, -0.2) is 20.5 Å². The number of benzene rings is 2. The number of hydrogen-bond donors (Lipinski definition) is 1. The monoisotopic (exact) mass is 411 g/mol. The number of alkyl carbamates (subject to hydrolysis) is 1. The van der Waals surface area contributed by atoms with Gasteiger partial charge in [0.1, 0.15) is 6.61 Å². The van der Waals surface area contributed by atoms with Crippen molar-refractivity contribution in [2.45, 2.75) is 57.7 Å². The van der Waals surface area contributed by atoms with Gasteiger partial charge in [-0.1, -0.05) is 87.5 Å². The Kier molecular flexibility index (Phi) is 7.82. The van der Waals surface area contributed by atoms with Crippen LogP contribution < -0.4 is 5.32 Å². The molecule has 0 aliphatic rings. The Labute approximate surface area is 176 Å². The normalized spacial score (nSPS) is 14.0. The second kappa shape index (κ2) is 9.90. The van der Waals surface area contributed by atoms with Gasteiger partial charge < -0.3 is 14.5 Å². The SMILES string of the molecule is C=C[C@@H](NC(=O)OCc1ccccc1)[C@H](O[Si](C)(C)C(C)(C)C)c1ccccc1. The summed E-state index contributed by atoms with van der Waals surface area (Å²) in [4.78, 5) is 12.5. The molecule has 0 unspecified atom stereocenters. The molecule has 4 nitrogen and oxygen atoms in total. The molecule has 0 heterocycles.